The van der Waals surface area contributed by atoms with Gasteiger partial charge in [-0.15, -0.1) is 10.2 Å². The number of aryl methyl sites for hydroxylation is 1. The lowest BCUT2D eigenvalue weighted by atomic mass is 10.2. The number of esters is 1. The standard InChI is InChI=1S/C18H16N4O5/c1-11-3-4-13(10-19-11)9-16(23)26-12(2)17-20-21-18(27-17)14-5-7-15(8-6-14)22(24)25/h3-8,10,12H,9H2,1-2H3. The molecule has 1 aromatic carbocycles. The summed E-state index contributed by atoms with van der Waals surface area (Å²) in [6.07, 6.45) is 0.983. The van der Waals surface area contributed by atoms with Crippen LogP contribution in [0.1, 0.15) is 30.2 Å². The number of ether oxygens (including phenoxy) is 1. The van der Waals surface area contributed by atoms with E-state index in [9.17, 15) is 14.9 Å². The quantitative estimate of drug-likeness (QED) is 0.369. The average molecular weight is 368 g/mol. The predicted molar refractivity (Wildman–Crippen MR) is 93.6 cm³/mol. The van der Waals surface area contributed by atoms with E-state index in [4.69, 9.17) is 9.15 Å². The van der Waals surface area contributed by atoms with Crippen molar-refractivity contribution in [2.24, 2.45) is 0 Å². The van der Waals surface area contributed by atoms with Crippen molar-refractivity contribution in [2.45, 2.75) is 26.4 Å². The molecule has 9 nitrogen and oxygen atoms in total. The monoisotopic (exact) mass is 368 g/mol. The Bertz CT molecular complexity index is 951. The molecule has 9 heteroatoms. The van der Waals surface area contributed by atoms with Crippen molar-refractivity contribution in [2.75, 3.05) is 0 Å². The molecule has 3 rings (SSSR count). The van der Waals surface area contributed by atoms with Gasteiger partial charge in [-0.2, -0.15) is 0 Å². The summed E-state index contributed by atoms with van der Waals surface area (Å²) >= 11 is 0. The summed E-state index contributed by atoms with van der Waals surface area (Å²) in [6.45, 7) is 3.49. The second-order valence-corrected chi connectivity index (χ2v) is 5.87. The summed E-state index contributed by atoms with van der Waals surface area (Å²) in [6, 6.07) is 9.34. The Hall–Kier alpha value is -3.62. The summed E-state index contributed by atoms with van der Waals surface area (Å²) in [5.74, 6) is -0.118. The van der Waals surface area contributed by atoms with Crippen LogP contribution in [0, 0.1) is 17.0 Å². The first-order valence-corrected chi connectivity index (χ1v) is 8.11. The van der Waals surface area contributed by atoms with Gasteiger partial charge in [-0.3, -0.25) is 19.9 Å². The topological polar surface area (TPSA) is 121 Å². The van der Waals surface area contributed by atoms with Crippen molar-refractivity contribution in [1.82, 2.24) is 15.2 Å². The molecule has 0 spiro atoms. The third-order valence-corrected chi connectivity index (χ3v) is 3.74. The summed E-state index contributed by atoms with van der Waals surface area (Å²) in [5, 5.41) is 18.5. The predicted octanol–water partition coefficient (Wildman–Crippen LogP) is 3.20. The number of aromatic nitrogens is 3. The van der Waals surface area contributed by atoms with Crippen molar-refractivity contribution in [1.29, 1.82) is 0 Å². The molecular weight excluding hydrogens is 352 g/mol. The van der Waals surface area contributed by atoms with Crippen LogP contribution in [-0.2, 0) is 16.0 Å². The molecule has 0 amide bonds. The normalized spacial score (nSPS) is 11.8. The van der Waals surface area contributed by atoms with E-state index in [-0.39, 0.29) is 23.9 Å². The van der Waals surface area contributed by atoms with E-state index >= 15 is 0 Å². The number of nitrogens with zero attached hydrogens (tertiary/aromatic N) is 4. The summed E-state index contributed by atoms with van der Waals surface area (Å²) in [7, 11) is 0. The second kappa shape index (κ2) is 7.73. The number of benzene rings is 1. The maximum atomic E-state index is 12.1. The van der Waals surface area contributed by atoms with E-state index < -0.39 is 17.0 Å². The number of rotatable bonds is 6. The molecule has 0 aliphatic rings. The van der Waals surface area contributed by atoms with Gasteiger partial charge in [0.1, 0.15) is 0 Å². The molecule has 138 valence electrons. The van der Waals surface area contributed by atoms with Crippen molar-refractivity contribution < 1.29 is 18.9 Å². The van der Waals surface area contributed by atoms with Gasteiger partial charge in [-0.25, -0.2) is 0 Å². The highest BCUT2D eigenvalue weighted by molar-refractivity contribution is 5.72. The first kappa shape index (κ1) is 18.2. The van der Waals surface area contributed by atoms with Crippen LogP contribution in [0.15, 0.2) is 47.0 Å². The van der Waals surface area contributed by atoms with E-state index in [1.54, 1.807) is 13.1 Å². The molecule has 0 radical (unpaired) electrons. The Morgan fingerprint density at radius 2 is 1.96 bits per heavy atom. The number of hydrogen-bond acceptors (Lipinski definition) is 8. The molecule has 0 saturated heterocycles. The molecule has 0 bridgehead atoms. The van der Waals surface area contributed by atoms with Gasteiger partial charge in [0.15, 0.2) is 6.10 Å². The molecule has 1 unspecified atom stereocenters. The lowest BCUT2D eigenvalue weighted by Crippen LogP contribution is -2.12. The maximum absolute atomic E-state index is 12.1. The zero-order valence-corrected chi connectivity index (χ0v) is 14.7. The van der Waals surface area contributed by atoms with Crippen LogP contribution in [0.5, 0.6) is 0 Å². The highest BCUT2D eigenvalue weighted by atomic mass is 16.6. The van der Waals surface area contributed by atoms with E-state index in [1.807, 2.05) is 19.1 Å². The van der Waals surface area contributed by atoms with Crippen molar-refractivity contribution in [3.05, 3.63) is 69.9 Å². The molecular formula is C18H16N4O5. The number of non-ortho nitro benzene ring substituents is 1. The average Bonchev–Trinajstić information content (AvgIpc) is 3.14. The minimum Gasteiger partial charge on any atom is -0.452 e. The van der Waals surface area contributed by atoms with E-state index in [0.29, 0.717) is 5.56 Å². The molecule has 2 aromatic heterocycles. The van der Waals surface area contributed by atoms with Gasteiger partial charge in [-0.1, -0.05) is 6.07 Å². The summed E-state index contributed by atoms with van der Waals surface area (Å²) in [4.78, 5) is 26.4. The Kier molecular flexibility index (Phi) is 5.20. The highest BCUT2D eigenvalue weighted by Crippen LogP contribution is 2.24. The van der Waals surface area contributed by atoms with Crippen LogP contribution in [0.4, 0.5) is 5.69 Å². The molecule has 0 aliphatic carbocycles. The van der Waals surface area contributed by atoms with Gasteiger partial charge in [0.2, 0.25) is 5.89 Å². The van der Waals surface area contributed by atoms with Gasteiger partial charge in [-0.05, 0) is 37.6 Å². The number of nitro benzene ring substituents is 1. The molecule has 3 aromatic rings. The molecule has 0 saturated carbocycles. The fraction of sp³-hybridized carbons (Fsp3) is 0.222. The van der Waals surface area contributed by atoms with Gasteiger partial charge in [0, 0.05) is 29.6 Å². The van der Waals surface area contributed by atoms with Crippen LogP contribution in [0.3, 0.4) is 0 Å². The van der Waals surface area contributed by atoms with Gasteiger partial charge in [0.25, 0.3) is 11.6 Å². The summed E-state index contributed by atoms with van der Waals surface area (Å²) < 4.78 is 10.8. The van der Waals surface area contributed by atoms with E-state index in [0.717, 1.165) is 11.3 Å². The number of pyridine rings is 1. The zero-order chi connectivity index (χ0) is 19.4. The van der Waals surface area contributed by atoms with Crippen LogP contribution in [0.25, 0.3) is 11.5 Å². The minimum absolute atomic E-state index is 0.0358. The zero-order valence-electron chi connectivity index (χ0n) is 14.7. The van der Waals surface area contributed by atoms with Gasteiger partial charge < -0.3 is 9.15 Å². The minimum atomic E-state index is -0.727. The van der Waals surface area contributed by atoms with E-state index in [1.165, 1.54) is 24.3 Å². The number of carbonyl (C=O) groups is 1. The molecule has 0 fully saturated rings. The van der Waals surface area contributed by atoms with Crippen LogP contribution in [-0.4, -0.2) is 26.1 Å². The first-order valence-electron chi connectivity index (χ1n) is 8.11. The maximum Gasteiger partial charge on any atom is 0.311 e. The molecule has 1 atom stereocenters. The Balaban J connectivity index is 1.63. The molecule has 0 N–H and O–H groups in total. The smallest absolute Gasteiger partial charge is 0.311 e. The van der Waals surface area contributed by atoms with Crippen molar-refractivity contribution >= 4 is 11.7 Å². The number of carbonyl (C=O) groups excluding carboxylic acids is 1. The lowest BCUT2D eigenvalue weighted by Gasteiger charge is -2.09. The largest absolute Gasteiger partial charge is 0.452 e. The summed E-state index contributed by atoms with van der Waals surface area (Å²) in [5.41, 5.74) is 2.11. The Morgan fingerprint density at radius 3 is 2.59 bits per heavy atom. The molecule has 2 heterocycles. The van der Waals surface area contributed by atoms with Crippen LogP contribution < -0.4 is 0 Å². The van der Waals surface area contributed by atoms with Gasteiger partial charge >= 0.3 is 5.97 Å². The third-order valence-electron chi connectivity index (χ3n) is 3.74. The van der Waals surface area contributed by atoms with Gasteiger partial charge in [0.05, 0.1) is 11.3 Å². The SMILES string of the molecule is Cc1ccc(CC(=O)OC(C)c2nnc(-c3ccc([N+](=O)[O-])cc3)o2)cn1. The van der Waals surface area contributed by atoms with Crippen molar-refractivity contribution in [3.8, 4) is 11.5 Å². The Morgan fingerprint density at radius 1 is 1.22 bits per heavy atom. The fourth-order valence-corrected chi connectivity index (χ4v) is 2.30. The third kappa shape index (κ3) is 4.51. The van der Waals surface area contributed by atoms with Crippen LogP contribution >= 0.6 is 0 Å². The second-order valence-electron chi connectivity index (χ2n) is 5.87. The van der Waals surface area contributed by atoms with Crippen molar-refractivity contribution in [3.63, 3.8) is 0 Å². The van der Waals surface area contributed by atoms with E-state index in [2.05, 4.69) is 15.2 Å². The highest BCUT2D eigenvalue weighted by Gasteiger charge is 2.19. The number of nitro groups is 1. The fourth-order valence-electron chi connectivity index (χ4n) is 2.30. The molecule has 0 aliphatic heterocycles. The van der Waals surface area contributed by atoms with Crippen LogP contribution in [0.2, 0.25) is 0 Å². The lowest BCUT2D eigenvalue weighted by molar-refractivity contribution is -0.384. The Labute approximate surface area is 154 Å². The molecule has 27 heavy (non-hydrogen) atoms. The number of hydrogen-bond donors (Lipinski definition) is 0. The first-order chi connectivity index (χ1) is 12.9.